The molecule has 3 amide bonds. The highest BCUT2D eigenvalue weighted by molar-refractivity contribution is 7.09. The summed E-state index contributed by atoms with van der Waals surface area (Å²) in [6.07, 6.45) is 3.27. The van der Waals surface area contributed by atoms with Crippen molar-refractivity contribution in [1.29, 1.82) is 0 Å². The van der Waals surface area contributed by atoms with Crippen LogP contribution in [0.1, 0.15) is 23.3 Å². The summed E-state index contributed by atoms with van der Waals surface area (Å²) in [5.41, 5.74) is 0.928. The van der Waals surface area contributed by atoms with E-state index in [1.165, 1.54) is 0 Å². The van der Waals surface area contributed by atoms with Crippen LogP contribution in [0, 0.1) is 12.8 Å². The molecular formula is C18H22N4O2S. The molecule has 0 spiro atoms. The standard InChI is InChI=1S/C18H22N4O2S/c1-13-5-2-8-19-16(13)21-17(23)14-6-3-9-22(12-14)18(24)20-11-15-7-4-10-25-15/h2,4-5,7-8,10,14H,3,6,9,11-12H2,1H3,(H,20,24)(H,19,21,23). The number of nitrogens with one attached hydrogen (secondary N) is 2. The van der Waals surface area contributed by atoms with Gasteiger partial charge in [0.05, 0.1) is 12.5 Å². The van der Waals surface area contributed by atoms with Crippen LogP contribution in [0.2, 0.25) is 0 Å². The largest absolute Gasteiger partial charge is 0.333 e. The number of hydrogen-bond acceptors (Lipinski definition) is 4. The Kier molecular flexibility index (Phi) is 5.65. The van der Waals surface area contributed by atoms with Crippen LogP contribution in [0.3, 0.4) is 0 Å². The van der Waals surface area contributed by atoms with Gasteiger partial charge in [-0.05, 0) is 42.8 Å². The number of nitrogens with zero attached hydrogens (tertiary/aromatic N) is 2. The van der Waals surface area contributed by atoms with Crippen LogP contribution in [0.25, 0.3) is 0 Å². The molecule has 132 valence electrons. The first-order chi connectivity index (χ1) is 12.1. The van der Waals surface area contributed by atoms with Crippen molar-refractivity contribution >= 4 is 29.1 Å². The van der Waals surface area contributed by atoms with Gasteiger partial charge >= 0.3 is 6.03 Å². The zero-order valence-electron chi connectivity index (χ0n) is 14.2. The maximum atomic E-state index is 12.5. The van der Waals surface area contributed by atoms with Gasteiger partial charge in [0, 0.05) is 24.2 Å². The van der Waals surface area contributed by atoms with Gasteiger partial charge in [0.15, 0.2) is 0 Å². The van der Waals surface area contributed by atoms with Crippen molar-refractivity contribution in [1.82, 2.24) is 15.2 Å². The van der Waals surface area contributed by atoms with E-state index in [9.17, 15) is 9.59 Å². The second-order valence-electron chi connectivity index (χ2n) is 6.18. The molecule has 3 heterocycles. The smallest absolute Gasteiger partial charge is 0.317 e. The van der Waals surface area contributed by atoms with Gasteiger partial charge in [-0.25, -0.2) is 9.78 Å². The molecule has 1 aliphatic rings. The summed E-state index contributed by atoms with van der Waals surface area (Å²) < 4.78 is 0. The van der Waals surface area contributed by atoms with Gasteiger partial charge in [-0.15, -0.1) is 11.3 Å². The van der Waals surface area contributed by atoms with E-state index in [1.807, 2.05) is 36.6 Å². The lowest BCUT2D eigenvalue weighted by Crippen LogP contribution is -2.47. The molecule has 1 atom stereocenters. The lowest BCUT2D eigenvalue weighted by molar-refractivity contribution is -0.121. The van der Waals surface area contributed by atoms with E-state index in [4.69, 9.17) is 0 Å². The minimum atomic E-state index is -0.206. The second kappa shape index (κ2) is 8.11. The normalized spacial score (nSPS) is 17.2. The lowest BCUT2D eigenvalue weighted by Gasteiger charge is -2.32. The molecule has 0 saturated carbocycles. The Bertz CT molecular complexity index is 732. The van der Waals surface area contributed by atoms with Crippen LogP contribution in [0.4, 0.5) is 10.6 Å². The number of hydrogen-bond donors (Lipinski definition) is 2. The Morgan fingerprint density at radius 3 is 3.00 bits per heavy atom. The molecule has 1 fully saturated rings. The molecule has 0 aliphatic carbocycles. The van der Waals surface area contributed by atoms with Gasteiger partial charge in [-0.3, -0.25) is 4.79 Å². The highest BCUT2D eigenvalue weighted by Gasteiger charge is 2.28. The average molecular weight is 358 g/mol. The highest BCUT2D eigenvalue weighted by atomic mass is 32.1. The third-order valence-corrected chi connectivity index (χ3v) is 5.20. The van der Waals surface area contributed by atoms with E-state index in [1.54, 1.807) is 22.4 Å². The molecule has 0 radical (unpaired) electrons. The monoisotopic (exact) mass is 358 g/mol. The third-order valence-electron chi connectivity index (χ3n) is 4.32. The second-order valence-corrected chi connectivity index (χ2v) is 7.21. The SMILES string of the molecule is Cc1cccnc1NC(=O)C1CCCN(C(=O)NCc2cccs2)C1. The molecule has 1 aliphatic heterocycles. The minimum Gasteiger partial charge on any atom is -0.333 e. The Labute approximate surface area is 151 Å². The summed E-state index contributed by atoms with van der Waals surface area (Å²) in [6, 6.07) is 7.60. The van der Waals surface area contributed by atoms with Crippen LogP contribution in [-0.2, 0) is 11.3 Å². The molecule has 3 rings (SSSR count). The van der Waals surface area contributed by atoms with Gasteiger partial charge in [-0.2, -0.15) is 0 Å². The van der Waals surface area contributed by atoms with Crippen LogP contribution in [0.5, 0.6) is 0 Å². The summed E-state index contributed by atoms with van der Waals surface area (Å²) in [4.78, 5) is 31.9. The van der Waals surface area contributed by atoms with Crippen LogP contribution in [-0.4, -0.2) is 34.9 Å². The van der Waals surface area contributed by atoms with E-state index >= 15 is 0 Å². The summed E-state index contributed by atoms with van der Waals surface area (Å²) >= 11 is 1.62. The number of anilines is 1. The third kappa shape index (κ3) is 4.57. The Hall–Kier alpha value is -2.41. The average Bonchev–Trinajstić information content (AvgIpc) is 3.15. The fraction of sp³-hybridized carbons (Fsp3) is 0.389. The molecule has 7 heteroatoms. The number of aryl methyl sites for hydroxylation is 1. The van der Waals surface area contributed by atoms with Gasteiger partial charge in [0.2, 0.25) is 5.91 Å². The fourth-order valence-corrected chi connectivity index (χ4v) is 3.54. The number of carbonyl (C=O) groups excluding carboxylic acids is 2. The number of carbonyl (C=O) groups is 2. The number of aromatic nitrogens is 1. The maximum absolute atomic E-state index is 12.5. The Morgan fingerprint density at radius 2 is 2.24 bits per heavy atom. The predicted molar refractivity (Wildman–Crippen MR) is 98.5 cm³/mol. The summed E-state index contributed by atoms with van der Waals surface area (Å²) in [5, 5.41) is 7.80. The number of likely N-dealkylation sites (tertiary alicyclic amines) is 1. The molecule has 2 N–H and O–H groups in total. The topological polar surface area (TPSA) is 74.3 Å². The molecule has 0 aromatic carbocycles. The lowest BCUT2D eigenvalue weighted by atomic mass is 9.97. The van der Waals surface area contributed by atoms with Crippen molar-refractivity contribution in [2.45, 2.75) is 26.3 Å². The van der Waals surface area contributed by atoms with Crippen LogP contribution in [0.15, 0.2) is 35.8 Å². The predicted octanol–water partition coefficient (Wildman–Crippen LogP) is 3.01. The molecule has 6 nitrogen and oxygen atoms in total. The Morgan fingerprint density at radius 1 is 1.36 bits per heavy atom. The first-order valence-corrected chi connectivity index (χ1v) is 9.29. The number of pyridine rings is 1. The van der Waals surface area contributed by atoms with E-state index in [0.717, 1.165) is 23.3 Å². The van der Waals surface area contributed by atoms with Crippen molar-refractivity contribution in [3.05, 3.63) is 46.3 Å². The van der Waals surface area contributed by atoms with E-state index in [0.29, 0.717) is 25.5 Å². The van der Waals surface area contributed by atoms with Gasteiger partial charge < -0.3 is 15.5 Å². The van der Waals surface area contributed by atoms with E-state index in [2.05, 4.69) is 15.6 Å². The minimum absolute atomic E-state index is 0.0717. The van der Waals surface area contributed by atoms with Gasteiger partial charge in [-0.1, -0.05) is 12.1 Å². The summed E-state index contributed by atoms with van der Waals surface area (Å²) in [5.74, 6) is 0.312. The van der Waals surface area contributed by atoms with Gasteiger partial charge in [0.25, 0.3) is 0 Å². The maximum Gasteiger partial charge on any atom is 0.317 e. The Balaban J connectivity index is 1.54. The fourth-order valence-electron chi connectivity index (χ4n) is 2.90. The molecule has 2 aromatic rings. The van der Waals surface area contributed by atoms with Crippen molar-refractivity contribution in [2.24, 2.45) is 5.92 Å². The first-order valence-electron chi connectivity index (χ1n) is 8.41. The van der Waals surface area contributed by atoms with Crippen molar-refractivity contribution in [3.63, 3.8) is 0 Å². The number of rotatable bonds is 4. The van der Waals surface area contributed by atoms with Crippen LogP contribution >= 0.6 is 11.3 Å². The molecular weight excluding hydrogens is 336 g/mol. The van der Waals surface area contributed by atoms with Crippen molar-refractivity contribution < 1.29 is 9.59 Å². The molecule has 1 saturated heterocycles. The number of urea groups is 1. The van der Waals surface area contributed by atoms with E-state index < -0.39 is 0 Å². The van der Waals surface area contributed by atoms with Crippen LogP contribution < -0.4 is 10.6 Å². The number of amides is 3. The summed E-state index contributed by atoms with van der Waals surface area (Å²) in [7, 11) is 0. The quantitative estimate of drug-likeness (QED) is 0.882. The zero-order valence-corrected chi connectivity index (χ0v) is 15.0. The number of thiophene rings is 1. The molecule has 25 heavy (non-hydrogen) atoms. The van der Waals surface area contributed by atoms with E-state index in [-0.39, 0.29) is 17.9 Å². The number of piperidine rings is 1. The van der Waals surface area contributed by atoms with Gasteiger partial charge in [0.1, 0.15) is 5.82 Å². The molecule has 0 bridgehead atoms. The molecule has 2 aromatic heterocycles. The zero-order chi connectivity index (χ0) is 17.6. The van der Waals surface area contributed by atoms with Crippen molar-refractivity contribution in [3.8, 4) is 0 Å². The molecule has 1 unspecified atom stereocenters. The van der Waals surface area contributed by atoms with Crippen molar-refractivity contribution in [2.75, 3.05) is 18.4 Å². The summed E-state index contributed by atoms with van der Waals surface area (Å²) in [6.45, 7) is 3.56. The first kappa shape index (κ1) is 17.4. The highest BCUT2D eigenvalue weighted by Crippen LogP contribution is 2.19.